The molecule has 0 saturated carbocycles. The first-order valence-corrected chi connectivity index (χ1v) is 9.58. The zero-order valence-electron chi connectivity index (χ0n) is 14.6. The molecule has 0 aliphatic carbocycles. The minimum atomic E-state index is 0.830. The molecule has 0 bridgehead atoms. The van der Waals surface area contributed by atoms with Gasteiger partial charge in [-0.05, 0) is 47.9 Å². The van der Waals surface area contributed by atoms with Crippen molar-refractivity contribution >= 4 is 49.7 Å². The highest BCUT2D eigenvalue weighted by Crippen LogP contribution is 2.40. The molecule has 0 unspecified atom stereocenters. The van der Waals surface area contributed by atoms with Gasteiger partial charge in [0.15, 0.2) is 0 Å². The van der Waals surface area contributed by atoms with E-state index < -0.39 is 0 Å². The molecule has 6 rings (SSSR count). The lowest BCUT2D eigenvalue weighted by molar-refractivity contribution is 1.20. The van der Waals surface area contributed by atoms with Crippen LogP contribution < -0.4 is 0 Å². The summed E-state index contributed by atoms with van der Waals surface area (Å²) in [5, 5.41) is 6.09. The molecule has 1 nitrogen and oxygen atoms in total. The Morgan fingerprint density at radius 2 is 1.19 bits per heavy atom. The average Bonchev–Trinajstić information content (AvgIpc) is 3.21. The first-order chi connectivity index (χ1) is 13.3. The van der Waals surface area contributed by atoms with E-state index in [2.05, 4.69) is 77.2 Å². The van der Waals surface area contributed by atoms with E-state index in [-0.39, 0.29) is 0 Å². The summed E-state index contributed by atoms with van der Waals surface area (Å²) in [6.45, 7) is 0. The fraction of sp³-hybridized carbons (Fsp3) is 0.0400. The second-order valence-electron chi connectivity index (χ2n) is 7.18. The van der Waals surface area contributed by atoms with Crippen LogP contribution in [0.25, 0.3) is 38.1 Å². The van der Waals surface area contributed by atoms with Crippen molar-refractivity contribution in [2.24, 2.45) is 0 Å². The largest absolute Gasteiger partial charge is 0.308 e. The van der Waals surface area contributed by atoms with Gasteiger partial charge in [-0.15, -0.1) is 0 Å². The van der Waals surface area contributed by atoms with Crippen LogP contribution in [0.5, 0.6) is 0 Å². The highest BCUT2D eigenvalue weighted by molar-refractivity contribution is 6.31. The summed E-state index contributed by atoms with van der Waals surface area (Å²) >= 11 is 6.43. The maximum absolute atomic E-state index is 6.43. The van der Waals surface area contributed by atoms with Crippen LogP contribution in [0.3, 0.4) is 0 Å². The SMILES string of the molecule is Clc1ccccc1Cc1cc2c3ccccc3n3c4ccccc4c(c1)c23. The molecule has 0 spiro atoms. The van der Waals surface area contributed by atoms with Crippen molar-refractivity contribution in [3.05, 3.63) is 101 Å². The zero-order chi connectivity index (χ0) is 18.0. The van der Waals surface area contributed by atoms with Crippen LogP contribution in [-0.4, -0.2) is 4.40 Å². The third-order valence-electron chi connectivity index (χ3n) is 5.62. The second-order valence-corrected chi connectivity index (χ2v) is 7.58. The summed E-state index contributed by atoms with van der Waals surface area (Å²) in [7, 11) is 0. The molecule has 0 atom stereocenters. The maximum atomic E-state index is 6.43. The Labute approximate surface area is 161 Å². The van der Waals surface area contributed by atoms with Gasteiger partial charge in [-0.25, -0.2) is 0 Å². The van der Waals surface area contributed by atoms with Crippen molar-refractivity contribution in [1.82, 2.24) is 4.40 Å². The standard InChI is InChI=1S/C25H16ClN/c26-22-10-4-1-7-17(22)13-16-14-20-18-8-2-5-11-23(18)27-24-12-6-3-9-19(24)21(15-16)25(20)27/h1-12,14-15H,13H2. The van der Waals surface area contributed by atoms with E-state index in [4.69, 9.17) is 11.6 Å². The molecule has 0 aliphatic rings. The third-order valence-corrected chi connectivity index (χ3v) is 5.98. The number of hydrogen-bond donors (Lipinski definition) is 0. The molecule has 128 valence electrons. The Morgan fingerprint density at radius 1 is 0.630 bits per heavy atom. The molecule has 0 aliphatic heterocycles. The Morgan fingerprint density at radius 3 is 1.81 bits per heavy atom. The Hall–Kier alpha value is -3.03. The molecular weight excluding hydrogens is 350 g/mol. The predicted octanol–water partition coefficient (Wildman–Crippen LogP) is 7.08. The fourth-order valence-electron chi connectivity index (χ4n) is 4.47. The van der Waals surface area contributed by atoms with Gasteiger partial charge in [-0.1, -0.05) is 66.2 Å². The number of hydrogen-bond acceptors (Lipinski definition) is 0. The van der Waals surface area contributed by atoms with E-state index in [0.29, 0.717) is 0 Å². The molecule has 0 saturated heterocycles. The molecule has 0 fully saturated rings. The van der Waals surface area contributed by atoms with Gasteiger partial charge < -0.3 is 4.40 Å². The average molecular weight is 366 g/mol. The van der Waals surface area contributed by atoms with Crippen LogP contribution >= 0.6 is 11.6 Å². The van der Waals surface area contributed by atoms with Gasteiger partial charge in [0, 0.05) is 26.6 Å². The van der Waals surface area contributed by atoms with Crippen LogP contribution in [0.2, 0.25) is 5.02 Å². The maximum Gasteiger partial charge on any atom is 0.0620 e. The van der Waals surface area contributed by atoms with E-state index in [0.717, 1.165) is 11.4 Å². The summed E-state index contributed by atoms with van der Waals surface area (Å²) in [5.41, 5.74) is 6.33. The Bertz CT molecular complexity index is 1370. The minimum Gasteiger partial charge on any atom is -0.308 e. The number of aromatic nitrogens is 1. The van der Waals surface area contributed by atoms with Crippen molar-refractivity contribution < 1.29 is 0 Å². The first kappa shape index (κ1) is 15.1. The van der Waals surface area contributed by atoms with Crippen molar-refractivity contribution in [3.8, 4) is 0 Å². The van der Waals surface area contributed by atoms with E-state index in [1.54, 1.807) is 0 Å². The smallest absolute Gasteiger partial charge is 0.0620 e. The zero-order valence-corrected chi connectivity index (χ0v) is 15.4. The lowest BCUT2D eigenvalue weighted by Gasteiger charge is -2.06. The Kier molecular flexibility index (Phi) is 3.06. The van der Waals surface area contributed by atoms with Gasteiger partial charge in [0.2, 0.25) is 0 Å². The monoisotopic (exact) mass is 365 g/mol. The number of para-hydroxylation sites is 2. The number of benzene rings is 4. The first-order valence-electron chi connectivity index (χ1n) is 9.20. The summed E-state index contributed by atoms with van der Waals surface area (Å²) in [5.74, 6) is 0. The van der Waals surface area contributed by atoms with Gasteiger partial charge >= 0.3 is 0 Å². The molecule has 2 heteroatoms. The van der Waals surface area contributed by atoms with Crippen LogP contribution in [0.15, 0.2) is 84.9 Å². The quantitative estimate of drug-likeness (QED) is 0.309. The Balaban J connectivity index is 1.75. The highest BCUT2D eigenvalue weighted by Gasteiger charge is 2.17. The molecule has 2 heterocycles. The van der Waals surface area contributed by atoms with E-state index in [9.17, 15) is 0 Å². The van der Waals surface area contributed by atoms with Crippen molar-refractivity contribution in [2.45, 2.75) is 6.42 Å². The fourth-order valence-corrected chi connectivity index (χ4v) is 4.68. The summed E-state index contributed by atoms with van der Waals surface area (Å²) in [6, 6.07) is 30.2. The molecule has 6 aromatic rings. The van der Waals surface area contributed by atoms with Gasteiger partial charge in [0.1, 0.15) is 0 Å². The third kappa shape index (κ3) is 2.06. The molecule has 2 aromatic heterocycles. The molecule has 0 radical (unpaired) electrons. The van der Waals surface area contributed by atoms with E-state index in [1.807, 2.05) is 12.1 Å². The van der Waals surface area contributed by atoms with Crippen molar-refractivity contribution in [2.75, 3.05) is 0 Å². The summed E-state index contributed by atoms with van der Waals surface area (Å²) < 4.78 is 2.41. The van der Waals surface area contributed by atoms with Gasteiger partial charge in [0.05, 0.1) is 16.6 Å². The van der Waals surface area contributed by atoms with Gasteiger partial charge in [-0.3, -0.25) is 0 Å². The number of nitrogens with zero attached hydrogens (tertiary/aromatic N) is 1. The van der Waals surface area contributed by atoms with Crippen LogP contribution in [0.4, 0.5) is 0 Å². The number of rotatable bonds is 2. The topological polar surface area (TPSA) is 4.41 Å². The molecule has 27 heavy (non-hydrogen) atoms. The van der Waals surface area contributed by atoms with Gasteiger partial charge in [0.25, 0.3) is 0 Å². The van der Waals surface area contributed by atoms with Crippen LogP contribution in [0, 0.1) is 0 Å². The van der Waals surface area contributed by atoms with Crippen LogP contribution in [-0.2, 0) is 6.42 Å². The molecular formula is C25H16ClN. The second kappa shape index (κ2) is 5.48. The van der Waals surface area contributed by atoms with Crippen molar-refractivity contribution in [1.29, 1.82) is 0 Å². The minimum absolute atomic E-state index is 0.830. The van der Waals surface area contributed by atoms with E-state index in [1.165, 1.54) is 49.2 Å². The van der Waals surface area contributed by atoms with Crippen molar-refractivity contribution in [3.63, 3.8) is 0 Å². The highest BCUT2D eigenvalue weighted by atomic mass is 35.5. The summed E-state index contributed by atoms with van der Waals surface area (Å²) in [4.78, 5) is 0. The predicted molar refractivity (Wildman–Crippen MR) is 115 cm³/mol. The van der Waals surface area contributed by atoms with Gasteiger partial charge in [-0.2, -0.15) is 0 Å². The normalized spacial score (nSPS) is 12.0. The molecule has 4 aromatic carbocycles. The molecule has 0 amide bonds. The lowest BCUT2D eigenvalue weighted by Crippen LogP contribution is -1.89. The molecule has 0 N–H and O–H groups in total. The van der Waals surface area contributed by atoms with Crippen LogP contribution in [0.1, 0.15) is 11.1 Å². The number of halogens is 1. The van der Waals surface area contributed by atoms with E-state index >= 15 is 0 Å². The number of fused-ring (bicyclic) bond motifs is 6. The lowest BCUT2D eigenvalue weighted by atomic mass is 9.99. The summed E-state index contributed by atoms with van der Waals surface area (Å²) in [6.07, 6.45) is 0.838.